The van der Waals surface area contributed by atoms with Gasteiger partial charge in [0.1, 0.15) is 23.8 Å². The third-order valence-corrected chi connectivity index (χ3v) is 4.33. The van der Waals surface area contributed by atoms with Crippen LogP contribution in [0.15, 0.2) is 48.8 Å². The molecule has 1 aliphatic heterocycles. The van der Waals surface area contributed by atoms with Crippen LogP contribution < -0.4 is 4.74 Å². The number of aromatic nitrogens is 1. The number of β-amino-alcohol motifs (C(OH)–C–C–N with tert-alkyl or cyclic N) is 1. The molecule has 25 heavy (non-hydrogen) atoms. The van der Waals surface area contributed by atoms with Gasteiger partial charge in [-0.3, -0.25) is 9.78 Å². The van der Waals surface area contributed by atoms with Gasteiger partial charge in [0.05, 0.1) is 13.0 Å². The zero-order valence-corrected chi connectivity index (χ0v) is 13.9. The second kappa shape index (κ2) is 7.61. The number of amides is 1. The quantitative estimate of drug-likeness (QED) is 0.903. The van der Waals surface area contributed by atoms with Gasteiger partial charge in [-0.2, -0.15) is 0 Å². The molecule has 1 amide bonds. The van der Waals surface area contributed by atoms with Gasteiger partial charge in [0, 0.05) is 18.9 Å². The Hall–Kier alpha value is -2.47. The number of ether oxygens (including phenoxy) is 1. The number of carbonyl (C=O) groups is 1. The molecular formula is C19H21FN2O3. The number of aliphatic hydroxyl groups is 1. The van der Waals surface area contributed by atoms with Crippen molar-refractivity contribution in [2.75, 3.05) is 19.7 Å². The van der Waals surface area contributed by atoms with Crippen molar-refractivity contribution in [2.45, 2.75) is 24.9 Å². The predicted molar refractivity (Wildman–Crippen MR) is 90.6 cm³/mol. The third-order valence-electron chi connectivity index (χ3n) is 4.33. The minimum Gasteiger partial charge on any atom is -0.491 e. The zero-order valence-electron chi connectivity index (χ0n) is 13.9. The number of pyridine rings is 1. The van der Waals surface area contributed by atoms with E-state index in [1.54, 1.807) is 17.3 Å². The highest BCUT2D eigenvalue weighted by Crippen LogP contribution is 2.23. The molecule has 0 saturated carbocycles. The van der Waals surface area contributed by atoms with Gasteiger partial charge in [-0.1, -0.05) is 0 Å². The number of halogens is 1. The van der Waals surface area contributed by atoms with E-state index in [9.17, 15) is 14.3 Å². The van der Waals surface area contributed by atoms with Crippen molar-refractivity contribution in [2.24, 2.45) is 0 Å². The molecule has 0 spiro atoms. The molecule has 1 unspecified atom stereocenters. The average molecular weight is 344 g/mol. The maximum absolute atomic E-state index is 12.9. The number of rotatable bonds is 5. The number of hydrogen-bond donors (Lipinski definition) is 1. The summed E-state index contributed by atoms with van der Waals surface area (Å²) >= 11 is 0. The molecule has 3 rings (SSSR count). The molecule has 2 heterocycles. The lowest BCUT2D eigenvalue weighted by atomic mass is 9.93. The molecule has 1 N–H and O–H groups in total. The van der Waals surface area contributed by atoms with Gasteiger partial charge >= 0.3 is 0 Å². The normalized spacial score (nSPS) is 20.3. The van der Waals surface area contributed by atoms with Gasteiger partial charge in [0.25, 0.3) is 0 Å². The Kier molecular flexibility index (Phi) is 5.28. The van der Waals surface area contributed by atoms with Gasteiger partial charge < -0.3 is 14.7 Å². The number of nitrogens with zero attached hydrogens (tertiary/aromatic N) is 2. The first-order valence-electron chi connectivity index (χ1n) is 8.32. The SMILES string of the molecule is O=C(Cc1ccncc1)N1CCCC(O)(COc2ccc(F)cc2)C1. The summed E-state index contributed by atoms with van der Waals surface area (Å²) in [5.74, 6) is 0.137. The topological polar surface area (TPSA) is 62.7 Å². The number of likely N-dealkylation sites (tertiary alicyclic amines) is 1. The van der Waals surface area contributed by atoms with Crippen LogP contribution in [0, 0.1) is 5.82 Å². The molecule has 1 saturated heterocycles. The molecule has 0 bridgehead atoms. The molecule has 1 fully saturated rings. The van der Waals surface area contributed by atoms with Gasteiger partial charge in [-0.05, 0) is 54.8 Å². The van der Waals surface area contributed by atoms with Crippen LogP contribution >= 0.6 is 0 Å². The summed E-state index contributed by atoms with van der Waals surface area (Å²) in [6.07, 6.45) is 4.88. The maximum atomic E-state index is 12.9. The van der Waals surface area contributed by atoms with E-state index >= 15 is 0 Å². The molecule has 1 aromatic carbocycles. The van der Waals surface area contributed by atoms with E-state index in [0.717, 1.165) is 5.56 Å². The van der Waals surface area contributed by atoms with Crippen molar-refractivity contribution >= 4 is 5.91 Å². The van der Waals surface area contributed by atoms with Gasteiger partial charge in [0.15, 0.2) is 0 Å². The highest BCUT2D eigenvalue weighted by atomic mass is 19.1. The molecule has 5 nitrogen and oxygen atoms in total. The minimum absolute atomic E-state index is 0.0221. The number of benzene rings is 1. The van der Waals surface area contributed by atoms with Crippen LogP contribution in [0.5, 0.6) is 5.75 Å². The molecule has 6 heteroatoms. The van der Waals surface area contributed by atoms with E-state index in [4.69, 9.17) is 4.74 Å². The Morgan fingerprint density at radius 2 is 1.96 bits per heavy atom. The minimum atomic E-state index is -1.10. The Morgan fingerprint density at radius 1 is 1.24 bits per heavy atom. The fourth-order valence-corrected chi connectivity index (χ4v) is 2.98. The Balaban J connectivity index is 1.57. The summed E-state index contributed by atoms with van der Waals surface area (Å²) in [6, 6.07) is 9.29. The largest absolute Gasteiger partial charge is 0.491 e. The van der Waals surface area contributed by atoms with Crippen molar-refractivity contribution in [1.29, 1.82) is 0 Å². The van der Waals surface area contributed by atoms with Crippen LogP contribution in [0.1, 0.15) is 18.4 Å². The van der Waals surface area contributed by atoms with Gasteiger partial charge in [-0.25, -0.2) is 4.39 Å². The van der Waals surface area contributed by atoms with E-state index in [2.05, 4.69) is 4.98 Å². The fourth-order valence-electron chi connectivity index (χ4n) is 2.98. The third kappa shape index (κ3) is 4.76. The maximum Gasteiger partial charge on any atom is 0.227 e. The molecule has 2 aromatic rings. The van der Waals surface area contributed by atoms with E-state index < -0.39 is 5.60 Å². The molecule has 1 atom stereocenters. The molecule has 0 aliphatic carbocycles. The summed E-state index contributed by atoms with van der Waals surface area (Å²) in [6.45, 7) is 0.929. The zero-order chi connectivity index (χ0) is 17.7. The highest BCUT2D eigenvalue weighted by Gasteiger charge is 2.36. The summed E-state index contributed by atoms with van der Waals surface area (Å²) in [5, 5.41) is 10.8. The van der Waals surface area contributed by atoms with Crippen LogP contribution in [0.4, 0.5) is 4.39 Å². The average Bonchev–Trinajstić information content (AvgIpc) is 2.62. The van der Waals surface area contributed by atoms with E-state index in [-0.39, 0.29) is 31.3 Å². The first kappa shape index (κ1) is 17.4. The highest BCUT2D eigenvalue weighted by molar-refractivity contribution is 5.78. The standard InChI is InChI=1S/C19H21FN2O3/c20-16-2-4-17(5-3-16)25-14-19(24)8-1-11-22(13-19)18(23)12-15-6-9-21-10-7-15/h2-7,9-10,24H,1,8,11-14H2. The van der Waals surface area contributed by atoms with E-state index in [1.807, 2.05) is 12.1 Å². The Bertz CT molecular complexity index is 708. The Labute approximate surface area is 146 Å². The number of hydrogen-bond acceptors (Lipinski definition) is 4. The summed E-state index contributed by atoms with van der Waals surface area (Å²) in [4.78, 5) is 18.1. The van der Waals surface area contributed by atoms with E-state index in [0.29, 0.717) is 25.1 Å². The molecule has 1 aliphatic rings. The Morgan fingerprint density at radius 3 is 2.68 bits per heavy atom. The van der Waals surface area contributed by atoms with Crippen LogP contribution in [-0.2, 0) is 11.2 Å². The smallest absolute Gasteiger partial charge is 0.227 e. The van der Waals surface area contributed by atoms with Gasteiger partial charge in [-0.15, -0.1) is 0 Å². The first-order chi connectivity index (χ1) is 12.0. The molecule has 1 aromatic heterocycles. The van der Waals surface area contributed by atoms with Crippen molar-refractivity contribution < 1.29 is 19.0 Å². The fraction of sp³-hybridized carbons (Fsp3) is 0.368. The van der Waals surface area contributed by atoms with Crippen LogP contribution in [0.25, 0.3) is 0 Å². The lowest BCUT2D eigenvalue weighted by molar-refractivity contribution is -0.139. The second-order valence-corrected chi connectivity index (χ2v) is 6.42. The number of carbonyl (C=O) groups excluding carboxylic acids is 1. The molecule has 0 radical (unpaired) electrons. The number of piperidine rings is 1. The van der Waals surface area contributed by atoms with Crippen LogP contribution in [0.3, 0.4) is 0 Å². The van der Waals surface area contributed by atoms with E-state index in [1.165, 1.54) is 24.3 Å². The molecular weight excluding hydrogens is 323 g/mol. The summed E-state index contributed by atoms with van der Waals surface area (Å²) < 4.78 is 18.5. The van der Waals surface area contributed by atoms with Crippen molar-refractivity contribution in [3.63, 3.8) is 0 Å². The van der Waals surface area contributed by atoms with Crippen LogP contribution in [-0.4, -0.2) is 46.2 Å². The first-order valence-corrected chi connectivity index (χ1v) is 8.32. The monoisotopic (exact) mass is 344 g/mol. The van der Waals surface area contributed by atoms with Crippen LogP contribution in [0.2, 0.25) is 0 Å². The summed E-state index contributed by atoms with van der Waals surface area (Å²) in [7, 11) is 0. The predicted octanol–water partition coefficient (Wildman–Crippen LogP) is 2.20. The van der Waals surface area contributed by atoms with Crippen molar-refractivity contribution in [3.05, 3.63) is 60.2 Å². The van der Waals surface area contributed by atoms with Crippen molar-refractivity contribution in [3.8, 4) is 5.75 Å². The van der Waals surface area contributed by atoms with Crippen molar-refractivity contribution in [1.82, 2.24) is 9.88 Å². The molecule has 132 valence electrons. The lowest BCUT2D eigenvalue weighted by Gasteiger charge is -2.39. The summed E-state index contributed by atoms with van der Waals surface area (Å²) in [5.41, 5.74) is -0.197. The second-order valence-electron chi connectivity index (χ2n) is 6.42. The van der Waals surface area contributed by atoms with Gasteiger partial charge in [0.2, 0.25) is 5.91 Å². The lowest BCUT2D eigenvalue weighted by Crippen LogP contribution is -2.53.